The summed E-state index contributed by atoms with van der Waals surface area (Å²) in [7, 11) is 0. The Morgan fingerprint density at radius 3 is 2.35 bits per heavy atom. The summed E-state index contributed by atoms with van der Waals surface area (Å²) in [6.45, 7) is 4.10. The molecular formula is C15H13Cl2N3. The number of nitrogens with zero attached hydrogens (tertiary/aromatic N) is 1. The van der Waals surface area contributed by atoms with Crippen LogP contribution in [0.25, 0.3) is 22.4 Å². The first-order valence-corrected chi connectivity index (χ1v) is 6.93. The number of nitrogen functional groups attached to an aromatic ring is 1. The minimum atomic E-state index is 0.389. The molecule has 0 aliphatic carbocycles. The maximum atomic E-state index is 6.07. The molecule has 20 heavy (non-hydrogen) atoms. The van der Waals surface area contributed by atoms with E-state index in [4.69, 9.17) is 28.9 Å². The number of rotatable bonds is 1. The lowest BCUT2D eigenvalue weighted by Gasteiger charge is -2.03. The van der Waals surface area contributed by atoms with Gasteiger partial charge in [-0.1, -0.05) is 29.3 Å². The van der Waals surface area contributed by atoms with Crippen LogP contribution < -0.4 is 5.73 Å². The summed E-state index contributed by atoms with van der Waals surface area (Å²) in [5.74, 6) is 0.734. The van der Waals surface area contributed by atoms with Crippen LogP contribution in [0.5, 0.6) is 0 Å². The predicted molar refractivity (Wildman–Crippen MR) is 85.4 cm³/mol. The van der Waals surface area contributed by atoms with Crippen LogP contribution in [-0.2, 0) is 0 Å². The monoisotopic (exact) mass is 305 g/mol. The van der Waals surface area contributed by atoms with Crippen LogP contribution in [0.2, 0.25) is 10.0 Å². The van der Waals surface area contributed by atoms with Crippen molar-refractivity contribution >= 4 is 39.9 Å². The molecule has 0 saturated heterocycles. The molecule has 1 aromatic heterocycles. The van der Waals surface area contributed by atoms with Crippen molar-refractivity contribution in [2.75, 3.05) is 5.73 Å². The van der Waals surface area contributed by atoms with Crippen molar-refractivity contribution < 1.29 is 0 Å². The largest absolute Gasteiger partial charge is 0.396 e. The number of benzene rings is 2. The van der Waals surface area contributed by atoms with E-state index in [1.54, 1.807) is 12.1 Å². The summed E-state index contributed by atoms with van der Waals surface area (Å²) in [6.07, 6.45) is 0. The van der Waals surface area contributed by atoms with Crippen molar-refractivity contribution in [3.05, 3.63) is 45.4 Å². The SMILES string of the molecule is Cc1cc(C)c2nc(-c3cc(Cl)c(N)c(Cl)c3)[nH]c2c1. The normalized spacial score (nSPS) is 11.2. The third-order valence-corrected chi connectivity index (χ3v) is 3.90. The number of nitrogens with one attached hydrogen (secondary N) is 1. The maximum absolute atomic E-state index is 6.07. The highest BCUT2D eigenvalue weighted by atomic mass is 35.5. The van der Waals surface area contributed by atoms with Gasteiger partial charge in [-0.05, 0) is 43.2 Å². The van der Waals surface area contributed by atoms with Crippen LogP contribution in [0, 0.1) is 13.8 Å². The van der Waals surface area contributed by atoms with E-state index in [9.17, 15) is 0 Å². The fourth-order valence-corrected chi connectivity index (χ4v) is 2.82. The van der Waals surface area contributed by atoms with E-state index in [1.165, 1.54) is 5.56 Å². The second-order valence-electron chi connectivity index (χ2n) is 4.92. The third kappa shape index (κ3) is 2.13. The van der Waals surface area contributed by atoms with Gasteiger partial charge in [0, 0.05) is 5.56 Å². The number of halogens is 2. The summed E-state index contributed by atoms with van der Waals surface area (Å²) in [6, 6.07) is 7.71. The molecule has 0 amide bonds. The number of aryl methyl sites for hydroxylation is 2. The van der Waals surface area contributed by atoms with E-state index in [1.807, 2.05) is 6.92 Å². The number of nitrogens with two attached hydrogens (primary N) is 1. The molecule has 0 radical (unpaired) electrons. The molecule has 0 atom stereocenters. The Morgan fingerprint density at radius 2 is 1.70 bits per heavy atom. The van der Waals surface area contributed by atoms with Gasteiger partial charge in [-0.3, -0.25) is 0 Å². The van der Waals surface area contributed by atoms with Gasteiger partial charge in [-0.2, -0.15) is 0 Å². The Hall–Kier alpha value is -1.71. The van der Waals surface area contributed by atoms with E-state index in [-0.39, 0.29) is 0 Å². The van der Waals surface area contributed by atoms with Crippen molar-refractivity contribution in [3.8, 4) is 11.4 Å². The molecule has 3 nitrogen and oxygen atoms in total. The minimum absolute atomic E-state index is 0.389. The Kier molecular flexibility index (Phi) is 3.11. The van der Waals surface area contributed by atoms with Crippen LogP contribution in [-0.4, -0.2) is 9.97 Å². The van der Waals surface area contributed by atoms with Gasteiger partial charge in [-0.15, -0.1) is 0 Å². The number of aromatic amines is 1. The number of hydrogen-bond acceptors (Lipinski definition) is 2. The zero-order chi connectivity index (χ0) is 14.4. The summed E-state index contributed by atoms with van der Waals surface area (Å²) in [4.78, 5) is 7.92. The van der Waals surface area contributed by atoms with Crippen LogP contribution in [0.15, 0.2) is 24.3 Å². The molecule has 2 aromatic carbocycles. The number of imidazole rings is 1. The van der Waals surface area contributed by atoms with Gasteiger partial charge in [0.1, 0.15) is 5.82 Å². The fraction of sp³-hybridized carbons (Fsp3) is 0.133. The van der Waals surface area contributed by atoms with Crippen molar-refractivity contribution in [1.82, 2.24) is 9.97 Å². The molecule has 0 bridgehead atoms. The van der Waals surface area contributed by atoms with Gasteiger partial charge < -0.3 is 10.7 Å². The third-order valence-electron chi connectivity index (χ3n) is 3.27. The molecule has 3 aromatic rings. The highest BCUT2D eigenvalue weighted by Gasteiger charge is 2.11. The number of H-pyrrole nitrogens is 1. The van der Waals surface area contributed by atoms with Crippen molar-refractivity contribution in [2.24, 2.45) is 0 Å². The Balaban J connectivity index is 2.22. The second-order valence-corrected chi connectivity index (χ2v) is 5.73. The van der Waals surface area contributed by atoms with E-state index < -0.39 is 0 Å². The van der Waals surface area contributed by atoms with Crippen molar-refractivity contribution in [2.45, 2.75) is 13.8 Å². The lowest BCUT2D eigenvalue weighted by atomic mass is 10.1. The highest BCUT2D eigenvalue weighted by Crippen LogP contribution is 2.33. The second kappa shape index (κ2) is 4.69. The zero-order valence-electron chi connectivity index (χ0n) is 11.1. The molecule has 0 unspecified atom stereocenters. The fourth-order valence-electron chi connectivity index (χ4n) is 2.33. The average molecular weight is 306 g/mol. The smallest absolute Gasteiger partial charge is 0.138 e. The van der Waals surface area contributed by atoms with Gasteiger partial charge in [-0.25, -0.2) is 4.98 Å². The minimum Gasteiger partial charge on any atom is -0.396 e. The van der Waals surface area contributed by atoms with Crippen molar-refractivity contribution in [3.63, 3.8) is 0 Å². The molecule has 0 aliphatic heterocycles. The van der Waals surface area contributed by atoms with Gasteiger partial charge in [0.05, 0.1) is 26.8 Å². The summed E-state index contributed by atoms with van der Waals surface area (Å²) >= 11 is 12.1. The topological polar surface area (TPSA) is 54.7 Å². The lowest BCUT2D eigenvalue weighted by Crippen LogP contribution is -1.89. The maximum Gasteiger partial charge on any atom is 0.138 e. The number of hydrogen-bond donors (Lipinski definition) is 2. The first-order chi connectivity index (χ1) is 9.45. The first kappa shape index (κ1) is 13.3. The molecule has 5 heteroatoms. The van der Waals surface area contributed by atoms with Crippen LogP contribution in [0.1, 0.15) is 11.1 Å². The number of aromatic nitrogens is 2. The predicted octanol–water partition coefficient (Wildman–Crippen LogP) is 4.74. The van der Waals surface area contributed by atoms with Gasteiger partial charge in [0.15, 0.2) is 0 Å². The highest BCUT2D eigenvalue weighted by molar-refractivity contribution is 6.39. The lowest BCUT2D eigenvalue weighted by molar-refractivity contribution is 1.33. The average Bonchev–Trinajstić information content (AvgIpc) is 2.79. The van der Waals surface area contributed by atoms with Crippen LogP contribution >= 0.6 is 23.2 Å². The number of anilines is 1. The molecule has 0 fully saturated rings. The molecular weight excluding hydrogens is 293 g/mol. The first-order valence-electron chi connectivity index (χ1n) is 6.17. The summed E-state index contributed by atoms with van der Waals surface area (Å²) in [5.41, 5.74) is 11.2. The van der Waals surface area contributed by atoms with Crippen LogP contribution in [0.3, 0.4) is 0 Å². The molecule has 3 N–H and O–H groups in total. The van der Waals surface area contributed by atoms with Crippen LogP contribution in [0.4, 0.5) is 5.69 Å². The van der Waals surface area contributed by atoms with E-state index in [0.29, 0.717) is 15.7 Å². The Morgan fingerprint density at radius 1 is 1.05 bits per heavy atom. The molecule has 0 aliphatic rings. The summed E-state index contributed by atoms with van der Waals surface area (Å²) in [5, 5.41) is 0.863. The van der Waals surface area contributed by atoms with E-state index in [2.05, 4.69) is 29.0 Å². The molecule has 1 heterocycles. The van der Waals surface area contributed by atoms with Gasteiger partial charge in [0.25, 0.3) is 0 Å². The van der Waals surface area contributed by atoms with Gasteiger partial charge >= 0.3 is 0 Å². The van der Waals surface area contributed by atoms with E-state index in [0.717, 1.165) is 28.0 Å². The Labute approximate surface area is 126 Å². The zero-order valence-corrected chi connectivity index (χ0v) is 12.6. The molecule has 0 spiro atoms. The molecule has 0 saturated carbocycles. The molecule has 3 rings (SSSR count). The summed E-state index contributed by atoms with van der Waals surface area (Å²) < 4.78 is 0. The quantitative estimate of drug-likeness (QED) is 0.638. The Bertz CT molecular complexity index is 798. The number of fused-ring (bicyclic) bond motifs is 1. The van der Waals surface area contributed by atoms with E-state index >= 15 is 0 Å². The standard InChI is InChI=1S/C15H13Cl2N3/c1-7-3-8(2)14-12(4-7)19-15(20-14)9-5-10(16)13(18)11(17)6-9/h3-6H,18H2,1-2H3,(H,19,20). The molecule has 102 valence electrons. The van der Waals surface area contributed by atoms with Gasteiger partial charge in [0.2, 0.25) is 0 Å². The van der Waals surface area contributed by atoms with Crippen molar-refractivity contribution in [1.29, 1.82) is 0 Å².